The summed E-state index contributed by atoms with van der Waals surface area (Å²) in [6.07, 6.45) is 0. The molecule has 0 aliphatic heterocycles. The molecular weight excluding hydrogens is 355 g/mol. The standard InChI is InChI=1S/C19H19FN2O3S/c1-12(23)14-7-9-15(10-8-14)21-19(25)13(2)26-11-18(24)22-17-6-4-3-5-16(17)20/h3-10,13H,11H2,1-2H3,(H,21,25)(H,22,24)/t13-/m1/s1. The summed E-state index contributed by atoms with van der Waals surface area (Å²) in [6, 6.07) is 12.5. The Bertz CT molecular complexity index is 809. The van der Waals surface area contributed by atoms with E-state index < -0.39 is 11.1 Å². The van der Waals surface area contributed by atoms with Crippen molar-refractivity contribution < 1.29 is 18.8 Å². The number of benzene rings is 2. The van der Waals surface area contributed by atoms with Crippen LogP contribution in [-0.4, -0.2) is 28.6 Å². The van der Waals surface area contributed by atoms with E-state index in [9.17, 15) is 18.8 Å². The third kappa shape index (κ3) is 5.70. The molecule has 2 N–H and O–H groups in total. The lowest BCUT2D eigenvalue weighted by molar-refractivity contribution is -0.115. The van der Waals surface area contributed by atoms with E-state index in [0.717, 1.165) is 11.8 Å². The van der Waals surface area contributed by atoms with Crippen molar-refractivity contribution in [3.8, 4) is 0 Å². The van der Waals surface area contributed by atoms with E-state index in [2.05, 4.69) is 10.6 Å². The number of ketones is 1. The molecule has 0 bridgehead atoms. The number of carbonyl (C=O) groups is 3. The second kappa shape index (κ2) is 9.15. The highest BCUT2D eigenvalue weighted by molar-refractivity contribution is 8.01. The van der Waals surface area contributed by atoms with E-state index in [1.165, 1.54) is 25.1 Å². The number of hydrogen-bond donors (Lipinski definition) is 2. The molecule has 0 saturated heterocycles. The molecule has 0 unspecified atom stereocenters. The maximum atomic E-state index is 13.5. The first-order chi connectivity index (χ1) is 12.4. The summed E-state index contributed by atoms with van der Waals surface area (Å²) in [7, 11) is 0. The third-order valence-electron chi connectivity index (χ3n) is 3.54. The highest BCUT2D eigenvalue weighted by Gasteiger charge is 2.16. The fraction of sp³-hybridized carbons (Fsp3) is 0.211. The van der Waals surface area contributed by atoms with Gasteiger partial charge in [0.2, 0.25) is 11.8 Å². The van der Waals surface area contributed by atoms with Crippen molar-refractivity contribution >= 4 is 40.7 Å². The zero-order valence-electron chi connectivity index (χ0n) is 14.4. The molecule has 5 nitrogen and oxygen atoms in total. The minimum absolute atomic E-state index is 0.0200. The Morgan fingerprint density at radius 1 is 1.04 bits per heavy atom. The van der Waals surface area contributed by atoms with E-state index in [1.807, 2.05) is 0 Å². The number of anilines is 2. The second-order valence-corrected chi connectivity index (χ2v) is 6.93. The number of para-hydroxylation sites is 1. The van der Waals surface area contributed by atoms with Gasteiger partial charge in [0, 0.05) is 11.3 Å². The lowest BCUT2D eigenvalue weighted by Gasteiger charge is -2.12. The Hall–Kier alpha value is -2.67. The van der Waals surface area contributed by atoms with Crippen LogP contribution in [0.25, 0.3) is 0 Å². The van der Waals surface area contributed by atoms with E-state index in [0.29, 0.717) is 11.3 Å². The summed E-state index contributed by atoms with van der Waals surface area (Å²) in [4.78, 5) is 35.3. The first kappa shape index (κ1) is 19.7. The molecule has 2 aromatic rings. The molecule has 2 rings (SSSR count). The van der Waals surface area contributed by atoms with Gasteiger partial charge in [0.05, 0.1) is 16.7 Å². The highest BCUT2D eigenvalue weighted by atomic mass is 32.2. The molecular formula is C19H19FN2O3S. The van der Waals surface area contributed by atoms with Crippen LogP contribution in [0.1, 0.15) is 24.2 Å². The van der Waals surface area contributed by atoms with Crippen LogP contribution in [0.4, 0.5) is 15.8 Å². The number of amides is 2. The van der Waals surface area contributed by atoms with Crippen LogP contribution in [0.5, 0.6) is 0 Å². The van der Waals surface area contributed by atoms with Crippen LogP contribution >= 0.6 is 11.8 Å². The summed E-state index contributed by atoms with van der Waals surface area (Å²) < 4.78 is 13.5. The number of nitrogens with one attached hydrogen (secondary N) is 2. The van der Waals surface area contributed by atoms with Crippen molar-refractivity contribution in [2.45, 2.75) is 19.1 Å². The Morgan fingerprint density at radius 2 is 1.69 bits per heavy atom. The van der Waals surface area contributed by atoms with Gasteiger partial charge in [-0.2, -0.15) is 0 Å². The molecule has 0 aromatic heterocycles. The van der Waals surface area contributed by atoms with Gasteiger partial charge in [-0.05, 0) is 50.2 Å². The quantitative estimate of drug-likeness (QED) is 0.724. The zero-order chi connectivity index (χ0) is 19.1. The van der Waals surface area contributed by atoms with Gasteiger partial charge in [-0.25, -0.2) is 4.39 Å². The summed E-state index contributed by atoms with van der Waals surface area (Å²) in [5.41, 5.74) is 1.25. The molecule has 7 heteroatoms. The van der Waals surface area contributed by atoms with Gasteiger partial charge in [-0.3, -0.25) is 14.4 Å². The maximum absolute atomic E-state index is 13.5. The number of Topliss-reactive ketones (excluding diaryl/α,β-unsaturated/α-hetero) is 1. The van der Waals surface area contributed by atoms with Gasteiger partial charge in [0.25, 0.3) is 0 Å². The van der Waals surface area contributed by atoms with Gasteiger partial charge in [0.1, 0.15) is 5.82 Å². The van der Waals surface area contributed by atoms with Crippen LogP contribution in [0.3, 0.4) is 0 Å². The first-order valence-electron chi connectivity index (χ1n) is 7.94. The molecule has 136 valence electrons. The third-order valence-corrected chi connectivity index (χ3v) is 4.68. The van der Waals surface area contributed by atoms with Crippen molar-refractivity contribution in [1.29, 1.82) is 0 Å². The average molecular weight is 374 g/mol. The fourth-order valence-electron chi connectivity index (χ4n) is 2.06. The predicted molar refractivity (Wildman–Crippen MR) is 102 cm³/mol. The summed E-state index contributed by atoms with van der Waals surface area (Å²) in [5.74, 6) is -1.18. The lowest BCUT2D eigenvalue weighted by atomic mass is 10.1. The normalized spacial score (nSPS) is 11.5. The van der Waals surface area contributed by atoms with E-state index >= 15 is 0 Å². The van der Waals surface area contributed by atoms with Crippen molar-refractivity contribution in [2.75, 3.05) is 16.4 Å². The van der Waals surface area contributed by atoms with Crippen molar-refractivity contribution in [1.82, 2.24) is 0 Å². The van der Waals surface area contributed by atoms with Crippen LogP contribution in [0.15, 0.2) is 48.5 Å². The molecule has 2 amide bonds. The maximum Gasteiger partial charge on any atom is 0.237 e. The number of carbonyl (C=O) groups excluding carboxylic acids is 3. The van der Waals surface area contributed by atoms with Crippen LogP contribution in [-0.2, 0) is 9.59 Å². The molecule has 0 saturated carbocycles. The SMILES string of the molecule is CC(=O)c1ccc(NC(=O)[C@@H](C)SCC(=O)Nc2ccccc2F)cc1. The van der Waals surface area contributed by atoms with E-state index in [-0.39, 0.29) is 29.0 Å². The molecule has 1 atom stereocenters. The summed E-state index contributed by atoms with van der Waals surface area (Å²) in [5, 5.41) is 4.72. The molecule has 0 aliphatic rings. The molecule has 0 radical (unpaired) electrons. The predicted octanol–water partition coefficient (Wildman–Crippen LogP) is 3.73. The second-order valence-electron chi connectivity index (χ2n) is 5.60. The number of hydrogen-bond acceptors (Lipinski definition) is 4. The highest BCUT2D eigenvalue weighted by Crippen LogP contribution is 2.17. The largest absolute Gasteiger partial charge is 0.325 e. The van der Waals surface area contributed by atoms with Gasteiger partial charge in [-0.15, -0.1) is 11.8 Å². The van der Waals surface area contributed by atoms with Crippen molar-refractivity contribution in [3.05, 3.63) is 59.9 Å². The number of rotatable bonds is 7. The van der Waals surface area contributed by atoms with Gasteiger partial charge >= 0.3 is 0 Å². The summed E-state index contributed by atoms with van der Waals surface area (Å²) in [6.45, 7) is 3.15. The molecule has 0 spiro atoms. The van der Waals surface area contributed by atoms with E-state index in [4.69, 9.17) is 0 Å². The van der Waals surface area contributed by atoms with Gasteiger partial charge in [0.15, 0.2) is 5.78 Å². The molecule has 0 fully saturated rings. The summed E-state index contributed by atoms with van der Waals surface area (Å²) >= 11 is 1.14. The first-order valence-corrected chi connectivity index (χ1v) is 8.99. The zero-order valence-corrected chi connectivity index (χ0v) is 15.2. The van der Waals surface area contributed by atoms with Crippen LogP contribution in [0.2, 0.25) is 0 Å². The Balaban J connectivity index is 1.82. The Kier molecular flexibility index (Phi) is 6.91. The van der Waals surface area contributed by atoms with Gasteiger partial charge < -0.3 is 10.6 Å². The van der Waals surface area contributed by atoms with E-state index in [1.54, 1.807) is 37.3 Å². The molecule has 26 heavy (non-hydrogen) atoms. The Morgan fingerprint density at radius 3 is 2.31 bits per heavy atom. The molecule has 2 aromatic carbocycles. The lowest BCUT2D eigenvalue weighted by Crippen LogP contribution is -2.25. The monoisotopic (exact) mass is 374 g/mol. The molecule has 0 heterocycles. The fourth-order valence-corrected chi connectivity index (χ4v) is 2.74. The molecule has 0 aliphatic carbocycles. The average Bonchev–Trinajstić information content (AvgIpc) is 2.62. The Labute approximate surface area is 155 Å². The number of halogens is 1. The topological polar surface area (TPSA) is 75.3 Å². The van der Waals surface area contributed by atoms with Crippen LogP contribution < -0.4 is 10.6 Å². The van der Waals surface area contributed by atoms with Crippen molar-refractivity contribution in [3.63, 3.8) is 0 Å². The van der Waals surface area contributed by atoms with Crippen LogP contribution in [0, 0.1) is 5.82 Å². The minimum atomic E-state index is -0.509. The van der Waals surface area contributed by atoms with Gasteiger partial charge in [-0.1, -0.05) is 12.1 Å². The smallest absolute Gasteiger partial charge is 0.237 e. The van der Waals surface area contributed by atoms with Crippen molar-refractivity contribution in [2.24, 2.45) is 0 Å². The minimum Gasteiger partial charge on any atom is -0.325 e. The number of thioether (sulfide) groups is 1.